The summed E-state index contributed by atoms with van der Waals surface area (Å²) in [6.07, 6.45) is 1.75. The minimum atomic E-state index is -0.170. The number of urea groups is 1. The van der Waals surface area contributed by atoms with E-state index in [9.17, 15) is 4.79 Å². The number of rotatable bonds is 3. The van der Waals surface area contributed by atoms with Gasteiger partial charge in [-0.15, -0.1) is 0 Å². The van der Waals surface area contributed by atoms with E-state index >= 15 is 0 Å². The van der Waals surface area contributed by atoms with E-state index in [1.54, 1.807) is 18.9 Å². The molecule has 1 aromatic carbocycles. The molecular weight excluding hydrogens is 274 g/mol. The standard InChI is InChI=1S/C15H18ClN3O/c1-10(8-17)9-19(2)15(20)18-14-7-6-11-12(14)4-3-5-13(11)16/h3-5,10,14H,6-7,9H2,1-2H3,(H,18,20). The molecule has 0 saturated heterocycles. The molecule has 2 amide bonds. The molecule has 1 aromatic rings. The maximum atomic E-state index is 12.1. The summed E-state index contributed by atoms with van der Waals surface area (Å²) in [6.45, 7) is 2.23. The van der Waals surface area contributed by atoms with Gasteiger partial charge in [0.15, 0.2) is 0 Å². The van der Waals surface area contributed by atoms with Crippen molar-refractivity contribution in [2.45, 2.75) is 25.8 Å². The van der Waals surface area contributed by atoms with Crippen LogP contribution in [-0.2, 0) is 6.42 Å². The predicted molar refractivity (Wildman–Crippen MR) is 78.5 cm³/mol. The number of nitrogens with zero attached hydrogens (tertiary/aromatic N) is 2. The van der Waals surface area contributed by atoms with E-state index in [-0.39, 0.29) is 18.0 Å². The minimum absolute atomic E-state index is 0.0102. The van der Waals surface area contributed by atoms with Crippen LogP contribution in [0.4, 0.5) is 4.79 Å². The Balaban J connectivity index is 2.01. The van der Waals surface area contributed by atoms with Crippen LogP contribution in [0.15, 0.2) is 18.2 Å². The lowest BCUT2D eigenvalue weighted by molar-refractivity contribution is 0.201. The topological polar surface area (TPSA) is 56.1 Å². The number of halogens is 1. The molecule has 2 rings (SSSR count). The summed E-state index contributed by atoms with van der Waals surface area (Å²) in [5.74, 6) is -0.170. The van der Waals surface area contributed by atoms with Gasteiger partial charge < -0.3 is 10.2 Å². The lowest BCUT2D eigenvalue weighted by atomic mass is 10.1. The summed E-state index contributed by atoms with van der Waals surface area (Å²) in [5.41, 5.74) is 2.24. The van der Waals surface area contributed by atoms with Crippen molar-refractivity contribution in [3.8, 4) is 6.07 Å². The number of hydrogen-bond acceptors (Lipinski definition) is 2. The van der Waals surface area contributed by atoms with Crippen LogP contribution in [0, 0.1) is 17.2 Å². The molecule has 0 spiro atoms. The highest BCUT2D eigenvalue weighted by Gasteiger charge is 2.26. The van der Waals surface area contributed by atoms with E-state index in [2.05, 4.69) is 11.4 Å². The first-order valence-electron chi connectivity index (χ1n) is 6.71. The monoisotopic (exact) mass is 291 g/mol. The second kappa shape index (κ2) is 6.15. The first-order valence-corrected chi connectivity index (χ1v) is 7.09. The molecule has 5 heteroatoms. The first kappa shape index (κ1) is 14.7. The number of amides is 2. The van der Waals surface area contributed by atoms with Gasteiger partial charge in [-0.25, -0.2) is 4.79 Å². The molecule has 0 aromatic heterocycles. The number of fused-ring (bicyclic) bond motifs is 1. The Morgan fingerprint density at radius 2 is 2.40 bits per heavy atom. The third-order valence-corrected chi connectivity index (χ3v) is 3.98. The molecule has 0 heterocycles. The summed E-state index contributed by atoms with van der Waals surface area (Å²) in [7, 11) is 1.71. The van der Waals surface area contributed by atoms with Gasteiger partial charge in [0, 0.05) is 18.6 Å². The van der Waals surface area contributed by atoms with Crippen LogP contribution in [0.1, 0.15) is 30.5 Å². The molecule has 0 bridgehead atoms. The van der Waals surface area contributed by atoms with Crippen molar-refractivity contribution < 1.29 is 4.79 Å². The molecule has 0 saturated carbocycles. The fourth-order valence-electron chi connectivity index (χ4n) is 2.55. The molecule has 4 nitrogen and oxygen atoms in total. The summed E-state index contributed by atoms with van der Waals surface area (Å²) in [5, 5.41) is 12.6. The van der Waals surface area contributed by atoms with Crippen LogP contribution in [-0.4, -0.2) is 24.5 Å². The second-order valence-electron chi connectivity index (χ2n) is 5.26. The van der Waals surface area contributed by atoms with E-state index < -0.39 is 0 Å². The molecule has 0 radical (unpaired) electrons. The summed E-state index contributed by atoms with van der Waals surface area (Å²) in [6, 6.07) is 7.79. The Kier molecular flexibility index (Phi) is 4.51. The number of benzene rings is 1. The Bertz CT molecular complexity index is 553. The number of carbonyl (C=O) groups excluding carboxylic acids is 1. The van der Waals surface area contributed by atoms with Gasteiger partial charge in [-0.2, -0.15) is 5.26 Å². The molecule has 2 atom stereocenters. The average molecular weight is 292 g/mol. The van der Waals surface area contributed by atoms with E-state index in [1.807, 2.05) is 18.2 Å². The highest BCUT2D eigenvalue weighted by molar-refractivity contribution is 6.31. The summed E-state index contributed by atoms with van der Waals surface area (Å²) in [4.78, 5) is 13.7. The zero-order valence-electron chi connectivity index (χ0n) is 11.7. The van der Waals surface area contributed by atoms with Crippen LogP contribution >= 0.6 is 11.6 Å². The lowest BCUT2D eigenvalue weighted by Gasteiger charge is -2.22. The molecule has 20 heavy (non-hydrogen) atoms. The largest absolute Gasteiger partial charge is 0.331 e. The van der Waals surface area contributed by atoms with Gasteiger partial charge in [0.1, 0.15) is 0 Å². The van der Waals surface area contributed by atoms with Crippen LogP contribution in [0.2, 0.25) is 5.02 Å². The van der Waals surface area contributed by atoms with Crippen molar-refractivity contribution in [2.75, 3.05) is 13.6 Å². The first-order chi connectivity index (χ1) is 9.52. The average Bonchev–Trinajstić information content (AvgIpc) is 2.83. The van der Waals surface area contributed by atoms with Gasteiger partial charge in [0.05, 0.1) is 18.0 Å². The number of nitrogens with one attached hydrogen (secondary N) is 1. The van der Waals surface area contributed by atoms with Crippen molar-refractivity contribution in [3.63, 3.8) is 0 Å². The van der Waals surface area contributed by atoms with Crippen molar-refractivity contribution in [1.82, 2.24) is 10.2 Å². The lowest BCUT2D eigenvalue weighted by Crippen LogP contribution is -2.40. The minimum Gasteiger partial charge on any atom is -0.331 e. The Hall–Kier alpha value is -1.73. The quantitative estimate of drug-likeness (QED) is 0.930. The smallest absolute Gasteiger partial charge is 0.317 e. The van der Waals surface area contributed by atoms with Gasteiger partial charge in [-0.3, -0.25) is 0 Å². The number of nitriles is 1. The molecule has 0 aliphatic heterocycles. The molecular formula is C15H18ClN3O. The van der Waals surface area contributed by atoms with Crippen molar-refractivity contribution in [1.29, 1.82) is 5.26 Å². The normalized spacial score (nSPS) is 18.0. The van der Waals surface area contributed by atoms with Crippen LogP contribution < -0.4 is 5.32 Å². The Labute approximate surface area is 124 Å². The van der Waals surface area contributed by atoms with Crippen molar-refractivity contribution in [2.24, 2.45) is 5.92 Å². The van der Waals surface area contributed by atoms with E-state index in [0.29, 0.717) is 6.54 Å². The van der Waals surface area contributed by atoms with Gasteiger partial charge in [0.2, 0.25) is 0 Å². The van der Waals surface area contributed by atoms with E-state index in [1.165, 1.54) is 0 Å². The summed E-state index contributed by atoms with van der Waals surface area (Å²) >= 11 is 6.16. The maximum absolute atomic E-state index is 12.1. The molecule has 1 aliphatic carbocycles. The Morgan fingerprint density at radius 3 is 3.10 bits per heavy atom. The zero-order valence-corrected chi connectivity index (χ0v) is 12.4. The van der Waals surface area contributed by atoms with Crippen LogP contribution in [0.5, 0.6) is 0 Å². The maximum Gasteiger partial charge on any atom is 0.317 e. The molecule has 1 N–H and O–H groups in total. The fraction of sp³-hybridized carbons (Fsp3) is 0.467. The van der Waals surface area contributed by atoms with Crippen molar-refractivity contribution >= 4 is 17.6 Å². The summed E-state index contributed by atoms with van der Waals surface area (Å²) < 4.78 is 0. The van der Waals surface area contributed by atoms with Crippen molar-refractivity contribution in [3.05, 3.63) is 34.3 Å². The van der Waals surface area contributed by atoms with Gasteiger partial charge in [0.25, 0.3) is 0 Å². The highest BCUT2D eigenvalue weighted by Crippen LogP contribution is 2.35. The number of hydrogen-bond donors (Lipinski definition) is 1. The fourth-order valence-corrected chi connectivity index (χ4v) is 2.83. The van der Waals surface area contributed by atoms with Gasteiger partial charge >= 0.3 is 6.03 Å². The molecule has 0 fully saturated rings. The predicted octanol–water partition coefficient (Wildman–Crippen LogP) is 3.13. The van der Waals surface area contributed by atoms with Crippen LogP contribution in [0.25, 0.3) is 0 Å². The third-order valence-electron chi connectivity index (χ3n) is 3.63. The van der Waals surface area contributed by atoms with Gasteiger partial charge in [-0.05, 0) is 37.0 Å². The SMILES string of the molecule is CC(C#N)CN(C)C(=O)NC1CCc2c(Cl)cccc21. The second-order valence-corrected chi connectivity index (χ2v) is 5.67. The zero-order chi connectivity index (χ0) is 14.7. The third kappa shape index (κ3) is 3.05. The van der Waals surface area contributed by atoms with Gasteiger partial charge in [-0.1, -0.05) is 23.7 Å². The molecule has 2 unspecified atom stereocenters. The molecule has 106 valence electrons. The Morgan fingerprint density at radius 1 is 1.65 bits per heavy atom. The van der Waals surface area contributed by atoms with E-state index in [0.717, 1.165) is 29.0 Å². The highest BCUT2D eigenvalue weighted by atomic mass is 35.5. The van der Waals surface area contributed by atoms with E-state index in [4.69, 9.17) is 16.9 Å². The van der Waals surface area contributed by atoms with Crippen LogP contribution in [0.3, 0.4) is 0 Å². The number of carbonyl (C=O) groups is 1. The molecule has 1 aliphatic rings.